The van der Waals surface area contributed by atoms with E-state index in [4.69, 9.17) is 4.74 Å². The van der Waals surface area contributed by atoms with E-state index >= 15 is 0 Å². The van der Waals surface area contributed by atoms with Gasteiger partial charge in [-0.3, -0.25) is 0 Å². The zero-order valence-corrected chi connectivity index (χ0v) is 15.3. The van der Waals surface area contributed by atoms with E-state index in [1.807, 2.05) is 20.8 Å². The van der Waals surface area contributed by atoms with Gasteiger partial charge in [-0.2, -0.15) is 0 Å². The Hall–Kier alpha value is -1.37. The molecule has 3 rings (SSSR count). The molecule has 1 fully saturated rings. The van der Waals surface area contributed by atoms with Crippen LogP contribution in [0.1, 0.15) is 25.6 Å². The van der Waals surface area contributed by atoms with E-state index in [1.165, 1.54) is 15.3 Å². The summed E-state index contributed by atoms with van der Waals surface area (Å²) in [5.74, 6) is 0. The summed E-state index contributed by atoms with van der Waals surface area (Å²) in [6.07, 6.45) is -0.216. The number of carbonyl (C=O) groups excluding carboxylic acids is 1. The number of amides is 1. The minimum absolute atomic E-state index is 0.216. The van der Waals surface area contributed by atoms with Crippen molar-refractivity contribution in [3.8, 4) is 10.4 Å². The first-order valence-electron chi connectivity index (χ1n) is 7.73. The second kappa shape index (κ2) is 6.63. The minimum atomic E-state index is -0.426. The van der Waals surface area contributed by atoms with Crippen LogP contribution in [0.5, 0.6) is 0 Å². The highest BCUT2D eigenvalue weighted by Gasteiger charge is 2.33. The molecule has 1 N–H and O–H groups in total. The highest BCUT2D eigenvalue weighted by molar-refractivity contribution is 7.14. The first-order valence-corrected chi connectivity index (χ1v) is 9.49. The van der Waals surface area contributed by atoms with Crippen LogP contribution in [0.15, 0.2) is 29.0 Å². The molecule has 2 aromatic rings. The second-order valence-electron chi connectivity index (χ2n) is 6.74. The van der Waals surface area contributed by atoms with Crippen molar-refractivity contribution in [1.82, 2.24) is 10.2 Å². The summed E-state index contributed by atoms with van der Waals surface area (Å²) in [6, 6.07) is 6.83. The standard InChI is InChI=1S/C17H22N2O2S2/c1-17(2,3)21-16(20)19-9-13(10-19)18-8-14-7-12(11-23-14)15-5-4-6-22-15/h4-7,11,13,18H,8-10H2,1-3H3. The van der Waals surface area contributed by atoms with E-state index in [2.05, 4.69) is 34.3 Å². The summed E-state index contributed by atoms with van der Waals surface area (Å²) in [4.78, 5) is 16.3. The number of nitrogens with zero attached hydrogens (tertiary/aromatic N) is 1. The number of ether oxygens (including phenoxy) is 1. The van der Waals surface area contributed by atoms with E-state index in [0.717, 1.165) is 19.6 Å². The highest BCUT2D eigenvalue weighted by atomic mass is 32.1. The van der Waals surface area contributed by atoms with E-state index in [0.29, 0.717) is 6.04 Å². The van der Waals surface area contributed by atoms with Gasteiger partial charge in [0, 0.05) is 41.0 Å². The Kier molecular flexibility index (Phi) is 4.75. The van der Waals surface area contributed by atoms with Gasteiger partial charge in [-0.05, 0) is 43.7 Å². The fraction of sp³-hybridized carbons (Fsp3) is 0.471. The lowest BCUT2D eigenvalue weighted by atomic mass is 10.1. The van der Waals surface area contributed by atoms with Gasteiger partial charge in [-0.1, -0.05) is 6.07 Å². The number of likely N-dealkylation sites (tertiary alicyclic amines) is 1. The van der Waals surface area contributed by atoms with Crippen molar-refractivity contribution in [1.29, 1.82) is 0 Å². The maximum atomic E-state index is 11.9. The maximum Gasteiger partial charge on any atom is 0.410 e. The summed E-state index contributed by atoms with van der Waals surface area (Å²) in [7, 11) is 0. The molecule has 1 aliphatic rings. The molecule has 0 aliphatic carbocycles. The Morgan fingerprint density at radius 1 is 1.39 bits per heavy atom. The Morgan fingerprint density at radius 3 is 2.83 bits per heavy atom. The zero-order valence-electron chi connectivity index (χ0n) is 13.7. The van der Waals surface area contributed by atoms with Crippen LogP contribution in [0.4, 0.5) is 4.79 Å². The monoisotopic (exact) mass is 350 g/mol. The topological polar surface area (TPSA) is 41.6 Å². The van der Waals surface area contributed by atoms with Crippen LogP contribution in [0, 0.1) is 0 Å². The molecule has 3 heterocycles. The zero-order chi connectivity index (χ0) is 16.4. The van der Waals surface area contributed by atoms with Gasteiger partial charge in [-0.15, -0.1) is 22.7 Å². The minimum Gasteiger partial charge on any atom is -0.444 e. The van der Waals surface area contributed by atoms with Crippen molar-refractivity contribution < 1.29 is 9.53 Å². The van der Waals surface area contributed by atoms with Gasteiger partial charge in [0.2, 0.25) is 0 Å². The third kappa shape index (κ3) is 4.34. The smallest absolute Gasteiger partial charge is 0.410 e. The SMILES string of the molecule is CC(C)(C)OC(=O)N1CC(NCc2cc(-c3cccs3)cs2)C1. The number of nitrogens with one attached hydrogen (secondary N) is 1. The molecular formula is C17H22N2O2S2. The number of carbonyl (C=O) groups is 1. The largest absolute Gasteiger partial charge is 0.444 e. The molecule has 4 nitrogen and oxygen atoms in total. The van der Waals surface area contributed by atoms with Crippen molar-refractivity contribution in [3.63, 3.8) is 0 Å². The number of hydrogen-bond donors (Lipinski definition) is 1. The highest BCUT2D eigenvalue weighted by Crippen LogP contribution is 2.29. The van der Waals surface area contributed by atoms with Crippen molar-refractivity contribution in [2.45, 2.75) is 39.0 Å². The molecule has 0 aromatic carbocycles. The third-order valence-electron chi connectivity index (χ3n) is 3.56. The fourth-order valence-electron chi connectivity index (χ4n) is 2.37. The average Bonchev–Trinajstić information content (AvgIpc) is 3.05. The van der Waals surface area contributed by atoms with Gasteiger partial charge in [0.1, 0.15) is 5.60 Å². The van der Waals surface area contributed by atoms with Crippen LogP contribution < -0.4 is 5.32 Å². The second-order valence-corrected chi connectivity index (χ2v) is 8.69. The summed E-state index contributed by atoms with van der Waals surface area (Å²) in [5.41, 5.74) is 0.871. The van der Waals surface area contributed by atoms with Gasteiger partial charge in [0.15, 0.2) is 0 Å². The molecule has 124 valence electrons. The lowest BCUT2D eigenvalue weighted by molar-refractivity contribution is 0.00521. The Balaban J connectivity index is 1.42. The predicted octanol–water partition coefficient (Wildman–Crippen LogP) is 4.19. The van der Waals surface area contributed by atoms with Crippen LogP contribution in [0.2, 0.25) is 0 Å². The Morgan fingerprint density at radius 2 is 2.17 bits per heavy atom. The van der Waals surface area contributed by atoms with Crippen molar-refractivity contribution in [2.24, 2.45) is 0 Å². The molecule has 0 atom stereocenters. The van der Waals surface area contributed by atoms with E-state index < -0.39 is 5.60 Å². The molecular weight excluding hydrogens is 328 g/mol. The van der Waals surface area contributed by atoms with Crippen molar-refractivity contribution >= 4 is 28.8 Å². The summed E-state index contributed by atoms with van der Waals surface area (Å²) >= 11 is 3.54. The Bertz CT molecular complexity index is 652. The van der Waals surface area contributed by atoms with Crippen LogP contribution in [0.25, 0.3) is 10.4 Å². The average molecular weight is 351 g/mol. The molecule has 0 saturated carbocycles. The van der Waals surface area contributed by atoms with Crippen molar-refractivity contribution in [2.75, 3.05) is 13.1 Å². The van der Waals surface area contributed by atoms with Gasteiger partial charge < -0.3 is 15.0 Å². The molecule has 1 aliphatic heterocycles. The van der Waals surface area contributed by atoms with Gasteiger partial charge in [0.05, 0.1) is 0 Å². The van der Waals surface area contributed by atoms with E-state index in [1.54, 1.807) is 27.6 Å². The predicted molar refractivity (Wildman–Crippen MR) is 96.1 cm³/mol. The summed E-state index contributed by atoms with van der Waals surface area (Å²) < 4.78 is 5.36. The van der Waals surface area contributed by atoms with Crippen LogP contribution in [-0.2, 0) is 11.3 Å². The van der Waals surface area contributed by atoms with Crippen molar-refractivity contribution in [3.05, 3.63) is 33.8 Å². The van der Waals surface area contributed by atoms with Gasteiger partial charge in [-0.25, -0.2) is 4.79 Å². The lowest BCUT2D eigenvalue weighted by Gasteiger charge is -2.40. The molecule has 0 radical (unpaired) electrons. The maximum absolute atomic E-state index is 11.9. The Labute approximate surface area is 145 Å². The van der Waals surface area contributed by atoms with Gasteiger partial charge >= 0.3 is 6.09 Å². The summed E-state index contributed by atoms with van der Waals surface area (Å²) in [5, 5.41) is 7.81. The quantitative estimate of drug-likeness (QED) is 0.899. The molecule has 0 bridgehead atoms. The molecule has 1 amide bonds. The fourth-order valence-corrected chi connectivity index (χ4v) is 4.00. The molecule has 0 unspecified atom stereocenters. The molecule has 2 aromatic heterocycles. The molecule has 23 heavy (non-hydrogen) atoms. The molecule has 0 spiro atoms. The number of hydrogen-bond acceptors (Lipinski definition) is 5. The summed E-state index contributed by atoms with van der Waals surface area (Å²) in [6.45, 7) is 7.96. The lowest BCUT2D eigenvalue weighted by Crippen LogP contribution is -2.60. The van der Waals surface area contributed by atoms with E-state index in [9.17, 15) is 4.79 Å². The normalized spacial score (nSPS) is 15.5. The first-order chi connectivity index (χ1) is 10.9. The van der Waals surface area contributed by atoms with Gasteiger partial charge in [0.25, 0.3) is 0 Å². The first kappa shape index (κ1) is 16.5. The number of rotatable bonds is 4. The number of thiophene rings is 2. The van der Waals surface area contributed by atoms with E-state index in [-0.39, 0.29) is 6.09 Å². The third-order valence-corrected chi connectivity index (χ3v) is 5.41. The van der Waals surface area contributed by atoms with Crippen LogP contribution in [0.3, 0.4) is 0 Å². The van der Waals surface area contributed by atoms with Crippen LogP contribution >= 0.6 is 22.7 Å². The molecule has 6 heteroatoms. The molecule has 1 saturated heterocycles. The van der Waals surface area contributed by atoms with Crippen LogP contribution in [-0.4, -0.2) is 35.7 Å².